The van der Waals surface area contributed by atoms with Crippen molar-refractivity contribution in [3.8, 4) is 55.9 Å². The van der Waals surface area contributed by atoms with E-state index in [-0.39, 0.29) is 33.8 Å². The van der Waals surface area contributed by atoms with Gasteiger partial charge in [-0.25, -0.2) is 0 Å². The maximum atomic E-state index is 2.69. The molecule has 0 radical (unpaired) electrons. The molecule has 0 unspecified atom stereocenters. The first-order valence-corrected chi connectivity index (χ1v) is 37.0. The van der Waals surface area contributed by atoms with E-state index in [4.69, 9.17) is 0 Å². The number of aromatic nitrogens is 2. The van der Waals surface area contributed by atoms with Crippen molar-refractivity contribution in [2.75, 3.05) is 9.80 Å². The number of anilines is 6. The zero-order chi connectivity index (χ0) is 71.4. The number of benzene rings is 13. The summed E-state index contributed by atoms with van der Waals surface area (Å²) in [6, 6.07) is 107. The maximum Gasteiger partial charge on any atom is 0.252 e. The van der Waals surface area contributed by atoms with Crippen LogP contribution in [0.3, 0.4) is 0 Å². The third-order valence-corrected chi connectivity index (χ3v) is 22.3. The van der Waals surface area contributed by atoms with E-state index in [2.05, 4.69) is 402 Å². The first-order chi connectivity index (χ1) is 49.2. The average molecular weight is 1340 g/mol. The first kappa shape index (κ1) is 65.4. The monoisotopic (exact) mass is 1330 g/mol. The molecule has 13 aromatic carbocycles. The molecule has 0 saturated carbocycles. The van der Waals surface area contributed by atoms with Crippen LogP contribution in [0.2, 0.25) is 0 Å². The molecule has 0 atom stereocenters. The number of hydrogen-bond donors (Lipinski definition) is 0. The zero-order valence-corrected chi connectivity index (χ0v) is 62.4. The standard InChI is InChI=1S/C98H91BN4/c1-94(2,3)68-38-48-83-77(54-68)78-55-69(95(4,5)6)39-49-84(78)100(83)73-42-46-81-89(60-73)102(87-52-66(62-28-20-16-21-29-62)36-44-75(87)64-32-24-18-25-33-64)91-58-72(98(13,14)15)59-92-93(91)99(81)82-47-43-74(101-85-50-40-70(96(7,8)9)56-79(85)80-57-71(97(10,11)12)41-51-86(80)101)61-90(82)103(92)88-53-67(63-30-22-17-23-31-63)37-45-76(88)65-34-26-19-27-35-65/h16-61H,1-15H3. The second kappa shape index (κ2) is 23.9. The van der Waals surface area contributed by atoms with Gasteiger partial charge in [-0.15, -0.1) is 0 Å². The van der Waals surface area contributed by atoms with Gasteiger partial charge in [0.1, 0.15) is 0 Å². The molecule has 15 aromatic rings. The highest BCUT2D eigenvalue weighted by atomic mass is 15.2. The third kappa shape index (κ3) is 11.1. The van der Waals surface area contributed by atoms with Crippen LogP contribution in [0.5, 0.6) is 0 Å². The maximum absolute atomic E-state index is 2.69. The van der Waals surface area contributed by atoms with Crippen LogP contribution in [0.15, 0.2) is 279 Å². The summed E-state index contributed by atoms with van der Waals surface area (Å²) in [5.41, 5.74) is 32.9. The molecule has 0 spiro atoms. The van der Waals surface area contributed by atoms with Crippen LogP contribution in [0, 0.1) is 0 Å². The van der Waals surface area contributed by atoms with Gasteiger partial charge in [0.2, 0.25) is 0 Å². The Bertz CT molecular complexity index is 5380. The van der Waals surface area contributed by atoms with Crippen molar-refractivity contribution in [1.82, 2.24) is 9.13 Å². The summed E-state index contributed by atoms with van der Waals surface area (Å²) < 4.78 is 5.11. The quantitative estimate of drug-likeness (QED) is 0.141. The highest BCUT2D eigenvalue weighted by Crippen LogP contribution is 2.53. The molecular weight excluding hydrogens is 1240 g/mol. The van der Waals surface area contributed by atoms with Gasteiger partial charge < -0.3 is 18.9 Å². The smallest absolute Gasteiger partial charge is 0.252 e. The molecule has 5 heteroatoms. The van der Waals surface area contributed by atoms with Crippen molar-refractivity contribution >= 4 is 101 Å². The average Bonchev–Trinajstić information content (AvgIpc) is 0.972. The lowest BCUT2D eigenvalue weighted by molar-refractivity contribution is 0.590. The lowest BCUT2D eigenvalue weighted by atomic mass is 9.33. The minimum atomic E-state index is -0.299. The Kier molecular flexibility index (Phi) is 15.2. The number of nitrogens with zero attached hydrogens (tertiary/aromatic N) is 4. The van der Waals surface area contributed by atoms with E-state index in [1.165, 1.54) is 110 Å². The van der Waals surface area contributed by atoms with Crippen LogP contribution in [0.1, 0.15) is 132 Å². The van der Waals surface area contributed by atoms with Gasteiger partial charge in [0, 0.05) is 66.8 Å². The highest BCUT2D eigenvalue weighted by Gasteiger charge is 2.46. The van der Waals surface area contributed by atoms with E-state index >= 15 is 0 Å². The van der Waals surface area contributed by atoms with Crippen molar-refractivity contribution in [3.63, 3.8) is 0 Å². The van der Waals surface area contributed by atoms with Gasteiger partial charge in [-0.1, -0.05) is 286 Å². The third-order valence-electron chi connectivity index (χ3n) is 22.3. The van der Waals surface area contributed by atoms with Crippen LogP contribution < -0.4 is 26.2 Å². The summed E-state index contributed by atoms with van der Waals surface area (Å²) in [4.78, 5) is 5.38. The number of hydrogen-bond acceptors (Lipinski definition) is 2. The van der Waals surface area contributed by atoms with Crippen LogP contribution in [-0.4, -0.2) is 15.8 Å². The summed E-state index contributed by atoms with van der Waals surface area (Å²) >= 11 is 0. The Morgan fingerprint density at radius 3 is 0.825 bits per heavy atom. The van der Waals surface area contributed by atoms with Gasteiger partial charge in [0.15, 0.2) is 0 Å². The Labute approximate surface area is 609 Å². The predicted molar refractivity (Wildman–Crippen MR) is 444 cm³/mol. The molecule has 103 heavy (non-hydrogen) atoms. The SMILES string of the molecule is CC(C)(C)c1cc2c3c(c1)N(c1cc(-c4ccccc4)ccc1-c1ccccc1)c1cc(-n4c5ccc(C(C)(C)C)cc5c5cc(C(C)(C)C)ccc54)ccc1B3c1ccc(-n3c4ccc(C(C)(C)C)cc4c4cc(C(C)(C)C)ccc43)cc1N2c1cc(-c2ccccc2)ccc1-c1ccccc1. The molecule has 0 bridgehead atoms. The second-order valence-electron chi connectivity index (χ2n) is 34.3. The summed E-state index contributed by atoms with van der Waals surface area (Å²) in [6.07, 6.45) is 0. The minimum absolute atomic E-state index is 0.0460. The molecule has 0 aliphatic carbocycles. The zero-order valence-electron chi connectivity index (χ0n) is 62.4. The molecule has 0 fully saturated rings. The Morgan fingerprint density at radius 2 is 0.524 bits per heavy atom. The molecule has 4 heterocycles. The molecule has 506 valence electrons. The molecule has 2 aliphatic heterocycles. The topological polar surface area (TPSA) is 16.3 Å². The first-order valence-electron chi connectivity index (χ1n) is 37.0. The van der Waals surface area contributed by atoms with Gasteiger partial charge in [0.05, 0.1) is 33.4 Å². The van der Waals surface area contributed by atoms with Gasteiger partial charge in [-0.2, -0.15) is 0 Å². The van der Waals surface area contributed by atoms with Crippen molar-refractivity contribution in [2.45, 2.75) is 131 Å². The fourth-order valence-corrected chi connectivity index (χ4v) is 16.4. The van der Waals surface area contributed by atoms with Crippen molar-refractivity contribution in [2.24, 2.45) is 0 Å². The van der Waals surface area contributed by atoms with Gasteiger partial charge in [-0.05, 0) is 202 Å². The van der Waals surface area contributed by atoms with Crippen LogP contribution in [0.4, 0.5) is 34.1 Å². The van der Waals surface area contributed by atoms with Gasteiger partial charge >= 0.3 is 0 Å². The largest absolute Gasteiger partial charge is 0.311 e. The summed E-state index contributed by atoms with van der Waals surface area (Å²) in [6.45, 7) is 35.0. The van der Waals surface area contributed by atoms with Crippen molar-refractivity contribution < 1.29 is 0 Å². The van der Waals surface area contributed by atoms with Gasteiger partial charge in [-0.3, -0.25) is 0 Å². The highest BCUT2D eigenvalue weighted by molar-refractivity contribution is 7.00. The van der Waals surface area contributed by atoms with E-state index in [1.807, 2.05) is 0 Å². The summed E-state index contributed by atoms with van der Waals surface area (Å²) in [5.74, 6) is 0. The Balaban J connectivity index is 1.02. The van der Waals surface area contributed by atoms with E-state index in [1.54, 1.807) is 0 Å². The molecule has 0 saturated heterocycles. The molecule has 0 N–H and O–H groups in total. The van der Waals surface area contributed by atoms with Gasteiger partial charge in [0.25, 0.3) is 6.71 Å². The lowest BCUT2D eigenvalue weighted by Gasteiger charge is -2.46. The summed E-state index contributed by atoms with van der Waals surface area (Å²) in [7, 11) is 0. The molecule has 2 aliphatic rings. The van der Waals surface area contributed by atoms with Crippen LogP contribution in [-0.2, 0) is 27.1 Å². The second-order valence-corrected chi connectivity index (χ2v) is 34.3. The van der Waals surface area contributed by atoms with Crippen molar-refractivity contribution in [3.05, 3.63) is 307 Å². The minimum Gasteiger partial charge on any atom is -0.311 e. The van der Waals surface area contributed by atoms with Crippen LogP contribution >= 0.6 is 0 Å². The fourth-order valence-electron chi connectivity index (χ4n) is 16.4. The normalized spacial score (nSPS) is 13.3. The van der Waals surface area contributed by atoms with Crippen LogP contribution in [0.25, 0.3) is 99.5 Å². The molecule has 2 aromatic heterocycles. The van der Waals surface area contributed by atoms with E-state index in [9.17, 15) is 0 Å². The predicted octanol–water partition coefficient (Wildman–Crippen LogP) is 25.1. The fraction of sp³-hybridized carbons (Fsp3) is 0.204. The molecule has 4 nitrogen and oxygen atoms in total. The lowest BCUT2D eigenvalue weighted by Crippen LogP contribution is -2.61. The van der Waals surface area contributed by atoms with Crippen molar-refractivity contribution in [1.29, 1.82) is 0 Å². The Morgan fingerprint density at radius 1 is 0.223 bits per heavy atom. The number of fused-ring (bicyclic) bond motifs is 10. The molecule has 0 amide bonds. The number of rotatable bonds is 8. The van der Waals surface area contributed by atoms with E-state index in [0.29, 0.717) is 0 Å². The summed E-state index contributed by atoms with van der Waals surface area (Å²) in [5, 5.41) is 5.08. The van der Waals surface area contributed by atoms with E-state index < -0.39 is 0 Å². The Hall–Kier alpha value is -10.9. The molecular formula is C98H91BN4. The van der Waals surface area contributed by atoms with E-state index in [0.717, 1.165) is 67.5 Å². The molecule has 17 rings (SSSR count).